The fourth-order valence-electron chi connectivity index (χ4n) is 4.48. The predicted octanol–water partition coefficient (Wildman–Crippen LogP) is 0.793. The molecule has 4 rings (SSSR count). The summed E-state index contributed by atoms with van der Waals surface area (Å²) in [6, 6.07) is 0. The summed E-state index contributed by atoms with van der Waals surface area (Å²) in [5, 5.41) is 3.36. The Bertz CT molecular complexity index is 423. The third-order valence-electron chi connectivity index (χ3n) is 5.40. The van der Waals surface area contributed by atoms with Gasteiger partial charge in [0, 0.05) is 6.54 Å². The zero-order valence-corrected chi connectivity index (χ0v) is 11.0. The van der Waals surface area contributed by atoms with Gasteiger partial charge in [-0.2, -0.15) is 0 Å². The van der Waals surface area contributed by atoms with E-state index in [9.17, 15) is 9.59 Å². The fraction of sp³-hybridized carbons (Fsp3) is 0.733. The molecule has 0 aromatic carbocycles. The van der Waals surface area contributed by atoms with E-state index >= 15 is 0 Å². The van der Waals surface area contributed by atoms with Gasteiger partial charge in [-0.15, -0.1) is 0 Å². The molecule has 102 valence electrons. The van der Waals surface area contributed by atoms with Crippen molar-refractivity contribution in [3.8, 4) is 0 Å². The molecule has 0 aromatic heterocycles. The fourth-order valence-corrected chi connectivity index (χ4v) is 4.48. The van der Waals surface area contributed by atoms with Crippen molar-refractivity contribution < 1.29 is 9.59 Å². The number of carbonyl (C=O) groups is 2. The second-order valence-corrected chi connectivity index (χ2v) is 6.50. The molecule has 3 fully saturated rings. The molecule has 1 saturated carbocycles. The van der Waals surface area contributed by atoms with Crippen molar-refractivity contribution in [2.75, 3.05) is 19.6 Å². The van der Waals surface area contributed by atoms with Crippen LogP contribution in [0.4, 0.5) is 0 Å². The van der Waals surface area contributed by atoms with Gasteiger partial charge in [0.2, 0.25) is 11.8 Å². The Kier molecular flexibility index (Phi) is 2.56. The number of allylic oxidation sites excluding steroid dienone is 2. The minimum atomic E-state index is -0.0287. The molecule has 2 bridgehead atoms. The maximum atomic E-state index is 12.5. The summed E-state index contributed by atoms with van der Waals surface area (Å²) in [4.78, 5) is 26.6. The molecule has 5 atom stereocenters. The maximum absolute atomic E-state index is 12.5. The predicted molar refractivity (Wildman–Crippen MR) is 70.0 cm³/mol. The standard InChI is InChI=1S/C15H20N2O2/c18-14-12-10-3-4-11(6-10)13(12)15(19)17(14)8-9-2-1-5-16-7-9/h3-4,9-13,16H,1-2,5-8H2. The summed E-state index contributed by atoms with van der Waals surface area (Å²) in [6.07, 6.45) is 7.61. The van der Waals surface area contributed by atoms with E-state index in [1.165, 1.54) is 0 Å². The van der Waals surface area contributed by atoms with Crippen LogP contribution in [0.5, 0.6) is 0 Å². The summed E-state index contributed by atoms with van der Waals surface area (Å²) in [5.41, 5.74) is 0. The average Bonchev–Trinajstić information content (AvgIpc) is 3.10. The summed E-state index contributed by atoms with van der Waals surface area (Å²) in [5.74, 6) is 1.28. The smallest absolute Gasteiger partial charge is 0.233 e. The van der Waals surface area contributed by atoms with Crippen molar-refractivity contribution in [2.24, 2.45) is 29.6 Å². The van der Waals surface area contributed by atoms with Crippen molar-refractivity contribution in [3.63, 3.8) is 0 Å². The molecule has 5 unspecified atom stereocenters. The zero-order chi connectivity index (χ0) is 13.0. The van der Waals surface area contributed by atoms with E-state index in [2.05, 4.69) is 17.5 Å². The molecule has 0 spiro atoms. The van der Waals surface area contributed by atoms with Gasteiger partial charge in [0.05, 0.1) is 11.8 Å². The van der Waals surface area contributed by atoms with Crippen LogP contribution in [0.2, 0.25) is 0 Å². The van der Waals surface area contributed by atoms with Crippen LogP contribution in [0.1, 0.15) is 19.3 Å². The van der Waals surface area contributed by atoms with Gasteiger partial charge in [-0.1, -0.05) is 12.2 Å². The second kappa shape index (κ2) is 4.17. The van der Waals surface area contributed by atoms with Crippen LogP contribution in [-0.2, 0) is 9.59 Å². The van der Waals surface area contributed by atoms with Crippen LogP contribution in [0.3, 0.4) is 0 Å². The van der Waals surface area contributed by atoms with E-state index in [0.717, 1.165) is 32.4 Å². The molecular weight excluding hydrogens is 240 g/mol. The quantitative estimate of drug-likeness (QED) is 0.590. The number of hydrogen-bond donors (Lipinski definition) is 1. The monoisotopic (exact) mass is 260 g/mol. The number of likely N-dealkylation sites (tertiary alicyclic amines) is 1. The Morgan fingerprint density at radius 3 is 2.42 bits per heavy atom. The molecule has 4 aliphatic rings. The number of carbonyl (C=O) groups excluding carboxylic acids is 2. The molecule has 0 radical (unpaired) electrons. The lowest BCUT2D eigenvalue weighted by Crippen LogP contribution is -2.42. The topological polar surface area (TPSA) is 49.4 Å². The number of amides is 2. The Labute approximate surface area is 113 Å². The Morgan fingerprint density at radius 1 is 1.16 bits per heavy atom. The molecule has 2 heterocycles. The number of imide groups is 1. The van der Waals surface area contributed by atoms with E-state index in [4.69, 9.17) is 0 Å². The van der Waals surface area contributed by atoms with Gasteiger partial charge in [-0.05, 0) is 50.1 Å². The second-order valence-electron chi connectivity index (χ2n) is 6.50. The average molecular weight is 260 g/mol. The summed E-state index contributed by atoms with van der Waals surface area (Å²) in [6.45, 7) is 2.65. The highest BCUT2D eigenvalue weighted by Crippen LogP contribution is 2.52. The number of piperidine rings is 1. The van der Waals surface area contributed by atoms with Gasteiger partial charge < -0.3 is 5.32 Å². The number of rotatable bonds is 2. The Hall–Kier alpha value is -1.16. The van der Waals surface area contributed by atoms with E-state index in [1.807, 2.05) is 0 Å². The van der Waals surface area contributed by atoms with Crippen LogP contribution in [-0.4, -0.2) is 36.3 Å². The minimum absolute atomic E-state index is 0.0287. The van der Waals surface area contributed by atoms with Crippen LogP contribution >= 0.6 is 0 Å². The van der Waals surface area contributed by atoms with Gasteiger partial charge >= 0.3 is 0 Å². The van der Waals surface area contributed by atoms with E-state index < -0.39 is 0 Å². The van der Waals surface area contributed by atoms with E-state index in [0.29, 0.717) is 24.3 Å². The van der Waals surface area contributed by atoms with E-state index in [1.54, 1.807) is 4.90 Å². The van der Waals surface area contributed by atoms with Crippen LogP contribution in [0.25, 0.3) is 0 Å². The van der Waals surface area contributed by atoms with Crippen molar-refractivity contribution >= 4 is 11.8 Å². The first kappa shape index (κ1) is 11.6. The largest absolute Gasteiger partial charge is 0.316 e. The third-order valence-corrected chi connectivity index (χ3v) is 5.40. The molecule has 1 N–H and O–H groups in total. The number of nitrogens with one attached hydrogen (secondary N) is 1. The normalized spacial score (nSPS) is 44.2. The van der Waals surface area contributed by atoms with Crippen LogP contribution in [0.15, 0.2) is 12.2 Å². The molecule has 0 aromatic rings. The van der Waals surface area contributed by atoms with Gasteiger partial charge in [0.25, 0.3) is 0 Å². The Balaban J connectivity index is 1.52. The van der Waals surface area contributed by atoms with Crippen LogP contribution < -0.4 is 5.32 Å². The summed E-state index contributed by atoms with van der Waals surface area (Å²) in [7, 11) is 0. The molecule has 2 aliphatic carbocycles. The van der Waals surface area contributed by atoms with Gasteiger partial charge in [0.15, 0.2) is 0 Å². The third kappa shape index (κ3) is 1.62. The zero-order valence-electron chi connectivity index (χ0n) is 11.0. The number of hydrogen-bond acceptors (Lipinski definition) is 3. The summed E-state index contributed by atoms with van der Waals surface area (Å²) >= 11 is 0. The van der Waals surface area contributed by atoms with Crippen molar-refractivity contribution in [1.82, 2.24) is 10.2 Å². The molecule has 2 amide bonds. The van der Waals surface area contributed by atoms with Gasteiger partial charge in [-0.25, -0.2) is 0 Å². The van der Waals surface area contributed by atoms with Crippen molar-refractivity contribution in [1.29, 1.82) is 0 Å². The van der Waals surface area contributed by atoms with E-state index in [-0.39, 0.29) is 23.7 Å². The maximum Gasteiger partial charge on any atom is 0.233 e. The number of fused-ring (bicyclic) bond motifs is 5. The lowest BCUT2D eigenvalue weighted by atomic mass is 9.85. The molecule has 2 saturated heterocycles. The van der Waals surface area contributed by atoms with Gasteiger partial charge in [0.1, 0.15) is 0 Å². The van der Waals surface area contributed by atoms with Gasteiger partial charge in [-0.3, -0.25) is 14.5 Å². The molecule has 4 heteroatoms. The van der Waals surface area contributed by atoms with Crippen molar-refractivity contribution in [3.05, 3.63) is 12.2 Å². The first-order chi connectivity index (χ1) is 9.25. The first-order valence-electron chi connectivity index (χ1n) is 7.50. The molecule has 4 nitrogen and oxygen atoms in total. The first-order valence-corrected chi connectivity index (χ1v) is 7.50. The minimum Gasteiger partial charge on any atom is -0.316 e. The summed E-state index contributed by atoms with van der Waals surface area (Å²) < 4.78 is 0. The molecule has 2 aliphatic heterocycles. The highest BCUT2D eigenvalue weighted by molar-refractivity contribution is 6.06. The highest BCUT2D eigenvalue weighted by Gasteiger charge is 2.59. The highest BCUT2D eigenvalue weighted by atomic mass is 16.2. The molecule has 19 heavy (non-hydrogen) atoms. The van der Waals surface area contributed by atoms with Crippen LogP contribution in [0, 0.1) is 29.6 Å². The van der Waals surface area contributed by atoms with Crippen molar-refractivity contribution in [2.45, 2.75) is 19.3 Å². The molecular formula is C15H20N2O2. The Morgan fingerprint density at radius 2 is 1.84 bits per heavy atom. The lowest BCUT2D eigenvalue weighted by Gasteiger charge is -2.27. The lowest BCUT2D eigenvalue weighted by molar-refractivity contribution is -0.141. The number of nitrogens with zero attached hydrogens (tertiary/aromatic N) is 1. The SMILES string of the molecule is O=C1C2C3C=CC(C3)C2C(=O)N1CC1CCCNC1.